The van der Waals surface area contributed by atoms with Crippen LogP contribution in [0.15, 0.2) is 24.3 Å². The molecule has 1 saturated heterocycles. The smallest absolute Gasteiger partial charge is 0.104 e. The molecule has 1 unspecified atom stereocenters. The van der Waals surface area contributed by atoms with Gasteiger partial charge in [-0.05, 0) is 17.7 Å². The first kappa shape index (κ1) is 9.00. The molecular formula is C10H11ClO2. The lowest BCUT2D eigenvalue weighted by molar-refractivity contribution is 0.104. The molecule has 1 aliphatic rings. The van der Waals surface area contributed by atoms with Crippen LogP contribution in [0, 0.1) is 0 Å². The molecule has 1 aromatic carbocycles. The Morgan fingerprint density at radius 2 is 2.08 bits per heavy atom. The zero-order chi connectivity index (χ0) is 9.10. The van der Waals surface area contributed by atoms with E-state index in [2.05, 4.69) is 0 Å². The van der Waals surface area contributed by atoms with E-state index in [0.717, 1.165) is 17.2 Å². The molecule has 1 atom stereocenters. The summed E-state index contributed by atoms with van der Waals surface area (Å²) in [7, 11) is 0. The summed E-state index contributed by atoms with van der Waals surface area (Å²) >= 11 is 5.75. The van der Waals surface area contributed by atoms with Crippen LogP contribution in [0.5, 0.6) is 0 Å². The van der Waals surface area contributed by atoms with Crippen molar-refractivity contribution in [3.63, 3.8) is 0 Å². The van der Waals surface area contributed by atoms with Crippen LogP contribution in [0.25, 0.3) is 0 Å². The molecule has 2 rings (SSSR count). The van der Waals surface area contributed by atoms with Gasteiger partial charge in [0.05, 0.1) is 19.8 Å². The summed E-state index contributed by atoms with van der Waals surface area (Å²) in [6.45, 7) is 2.18. The van der Waals surface area contributed by atoms with Crippen molar-refractivity contribution < 1.29 is 9.47 Å². The van der Waals surface area contributed by atoms with Crippen LogP contribution in [0.2, 0.25) is 5.02 Å². The van der Waals surface area contributed by atoms with E-state index in [1.807, 2.05) is 24.3 Å². The highest BCUT2D eigenvalue weighted by Crippen LogP contribution is 2.12. The highest BCUT2D eigenvalue weighted by molar-refractivity contribution is 6.30. The fourth-order valence-electron chi connectivity index (χ4n) is 1.05. The summed E-state index contributed by atoms with van der Waals surface area (Å²) < 4.78 is 10.4. The Kier molecular flexibility index (Phi) is 2.83. The largest absolute Gasteiger partial charge is 0.374 e. The van der Waals surface area contributed by atoms with Gasteiger partial charge in [-0.1, -0.05) is 23.7 Å². The van der Waals surface area contributed by atoms with Crippen LogP contribution in [-0.2, 0) is 16.1 Å². The van der Waals surface area contributed by atoms with E-state index in [1.165, 1.54) is 0 Å². The number of ether oxygens (including phenoxy) is 2. The molecule has 70 valence electrons. The summed E-state index contributed by atoms with van der Waals surface area (Å²) in [5.74, 6) is 0. The van der Waals surface area contributed by atoms with Crippen molar-refractivity contribution in [3.8, 4) is 0 Å². The van der Waals surface area contributed by atoms with Crippen LogP contribution in [0.4, 0.5) is 0 Å². The van der Waals surface area contributed by atoms with Crippen LogP contribution in [-0.4, -0.2) is 19.3 Å². The minimum atomic E-state index is 0.340. The molecule has 0 bridgehead atoms. The maximum Gasteiger partial charge on any atom is 0.104 e. The van der Waals surface area contributed by atoms with Gasteiger partial charge in [0.15, 0.2) is 0 Å². The van der Waals surface area contributed by atoms with Gasteiger partial charge in [-0.15, -0.1) is 0 Å². The standard InChI is InChI=1S/C10H11ClO2/c11-9-3-1-8(2-4-9)5-12-6-10-7-13-10/h1-4,10H,5-7H2. The van der Waals surface area contributed by atoms with E-state index in [1.54, 1.807) is 0 Å². The van der Waals surface area contributed by atoms with E-state index < -0.39 is 0 Å². The maximum absolute atomic E-state index is 5.75. The van der Waals surface area contributed by atoms with Gasteiger partial charge in [0, 0.05) is 5.02 Å². The lowest BCUT2D eigenvalue weighted by Crippen LogP contribution is -2.00. The predicted octanol–water partition coefficient (Wildman–Crippen LogP) is 2.26. The molecule has 1 aromatic rings. The highest BCUT2D eigenvalue weighted by atomic mass is 35.5. The summed E-state index contributed by atoms with van der Waals surface area (Å²) in [6, 6.07) is 7.67. The quantitative estimate of drug-likeness (QED) is 0.693. The fraction of sp³-hybridized carbons (Fsp3) is 0.400. The SMILES string of the molecule is Clc1ccc(COCC2CO2)cc1. The Hall–Kier alpha value is -0.570. The second kappa shape index (κ2) is 4.09. The lowest BCUT2D eigenvalue weighted by Gasteiger charge is -2.01. The zero-order valence-electron chi connectivity index (χ0n) is 7.20. The van der Waals surface area contributed by atoms with Crippen molar-refractivity contribution in [2.45, 2.75) is 12.7 Å². The monoisotopic (exact) mass is 198 g/mol. The first-order valence-corrected chi connectivity index (χ1v) is 4.66. The molecule has 0 saturated carbocycles. The predicted molar refractivity (Wildman–Crippen MR) is 50.8 cm³/mol. The molecule has 0 amide bonds. The minimum absolute atomic E-state index is 0.340. The second-order valence-corrected chi connectivity index (χ2v) is 3.53. The number of epoxide rings is 1. The van der Waals surface area contributed by atoms with Crippen molar-refractivity contribution in [2.75, 3.05) is 13.2 Å². The van der Waals surface area contributed by atoms with Crippen molar-refractivity contribution in [2.24, 2.45) is 0 Å². The third kappa shape index (κ3) is 2.99. The molecule has 1 aliphatic heterocycles. The number of hydrogen-bond acceptors (Lipinski definition) is 2. The van der Waals surface area contributed by atoms with Gasteiger partial charge < -0.3 is 9.47 Å². The lowest BCUT2D eigenvalue weighted by atomic mass is 10.2. The molecule has 0 aromatic heterocycles. The molecule has 0 aliphatic carbocycles. The van der Waals surface area contributed by atoms with Gasteiger partial charge in [0.2, 0.25) is 0 Å². The van der Waals surface area contributed by atoms with Crippen LogP contribution in [0.3, 0.4) is 0 Å². The summed E-state index contributed by atoms with van der Waals surface area (Å²) in [4.78, 5) is 0. The number of hydrogen-bond donors (Lipinski definition) is 0. The van der Waals surface area contributed by atoms with E-state index in [0.29, 0.717) is 19.3 Å². The van der Waals surface area contributed by atoms with Crippen molar-refractivity contribution in [3.05, 3.63) is 34.9 Å². The van der Waals surface area contributed by atoms with E-state index in [-0.39, 0.29) is 0 Å². The maximum atomic E-state index is 5.75. The van der Waals surface area contributed by atoms with E-state index in [9.17, 15) is 0 Å². The normalized spacial score (nSPS) is 20.2. The van der Waals surface area contributed by atoms with Gasteiger partial charge >= 0.3 is 0 Å². The molecule has 13 heavy (non-hydrogen) atoms. The fourth-order valence-corrected chi connectivity index (χ4v) is 1.18. The first-order valence-electron chi connectivity index (χ1n) is 4.28. The van der Waals surface area contributed by atoms with Crippen molar-refractivity contribution in [1.82, 2.24) is 0 Å². The van der Waals surface area contributed by atoms with Crippen LogP contribution >= 0.6 is 11.6 Å². The molecule has 0 radical (unpaired) electrons. The molecule has 2 nitrogen and oxygen atoms in total. The van der Waals surface area contributed by atoms with Crippen LogP contribution < -0.4 is 0 Å². The third-order valence-corrected chi connectivity index (χ3v) is 2.14. The molecule has 0 spiro atoms. The minimum Gasteiger partial charge on any atom is -0.374 e. The Bertz CT molecular complexity index is 267. The Morgan fingerprint density at radius 3 is 2.69 bits per heavy atom. The van der Waals surface area contributed by atoms with Crippen molar-refractivity contribution in [1.29, 1.82) is 0 Å². The Labute approximate surface area is 82.4 Å². The van der Waals surface area contributed by atoms with E-state index in [4.69, 9.17) is 21.1 Å². The van der Waals surface area contributed by atoms with Gasteiger partial charge in [0.25, 0.3) is 0 Å². The molecule has 0 N–H and O–H groups in total. The van der Waals surface area contributed by atoms with E-state index >= 15 is 0 Å². The number of benzene rings is 1. The Morgan fingerprint density at radius 1 is 1.38 bits per heavy atom. The van der Waals surface area contributed by atoms with Gasteiger partial charge in [-0.2, -0.15) is 0 Å². The topological polar surface area (TPSA) is 21.8 Å². The zero-order valence-corrected chi connectivity index (χ0v) is 7.96. The average molecular weight is 199 g/mol. The van der Waals surface area contributed by atoms with Gasteiger partial charge in [-0.25, -0.2) is 0 Å². The highest BCUT2D eigenvalue weighted by Gasteiger charge is 2.21. The average Bonchev–Trinajstić information content (AvgIpc) is 2.92. The van der Waals surface area contributed by atoms with Gasteiger partial charge in [-0.3, -0.25) is 0 Å². The molecule has 1 heterocycles. The van der Waals surface area contributed by atoms with Crippen molar-refractivity contribution >= 4 is 11.6 Å². The van der Waals surface area contributed by atoms with Crippen LogP contribution in [0.1, 0.15) is 5.56 Å². The second-order valence-electron chi connectivity index (χ2n) is 3.10. The number of halogens is 1. The molecule has 1 fully saturated rings. The number of rotatable bonds is 4. The summed E-state index contributed by atoms with van der Waals surface area (Å²) in [5, 5.41) is 0.759. The molecule has 3 heteroatoms. The summed E-state index contributed by atoms with van der Waals surface area (Å²) in [6.07, 6.45) is 0.340. The van der Waals surface area contributed by atoms with Gasteiger partial charge in [0.1, 0.15) is 6.10 Å². The summed E-state index contributed by atoms with van der Waals surface area (Å²) in [5.41, 5.74) is 1.14. The molecular weight excluding hydrogens is 188 g/mol. The third-order valence-electron chi connectivity index (χ3n) is 1.89. The Balaban J connectivity index is 1.76. The first-order chi connectivity index (χ1) is 6.34.